The van der Waals surface area contributed by atoms with Crippen molar-refractivity contribution in [1.29, 1.82) is 0 Å². The second-order valence-electron chi connectivity index (χ2n) is 8.89. The lowest BCUT2D eigenvalue weighted by Gasteiger charge is -2.35. The molecule has 6 nitrogen and oxygen atoms in total. The van der Waals surface area contributed by atoms with Gasteiger partial charge in [-0.15, -0.1) is 0 Å². The maximum atomic E-state index is 12.8. The van der Waals surface area contributed by atoms with Gasteiger partial charge in [0.25, 0.3) is 0 Å². The van der Waals surface area contributed by atoms with Gasteiger partial charge in [0.1, 0.15) is 0 Å². The van der Waals surface area contributed by atoms with Gasteiger partial charge in [0.05, 0.1) is 16.4 Å². The maximum Gasteiger partial charge on any atom is 0.240 e. The van der Waals surface area contributed by atoms with Gasteiger partial charge in [-0.05, 0) is 68.8 Å². The predicted molar refractivity (Wildman–Crippen MR) is 114 cm³/mol. The van der Waals surface area contributed by atoms with E-state index in [0.29, 0.717) is 17.2 Å². The van der Waals surface area contributed by atoms with Crippen LogP contribution in [0, 0.1) is 0 Å². The molecule has 1 atom stereocenters. The van der Waals surface area contributed by atoms with Gasteiger partial charge in [0.2, 0.25) is 10.0 Å². The summed E-state index contributed by atoms with van der Waals surface area (Å²) in [6.07, 6.45) is 8.37. The van der Waals surface area contributed by atoms with E-state index < -0.39 is 19.9 Å². The monoisotopic (exact) mass is 440 g/mol. The molecule has 1 unspecified atom stereocenters. The molecular formula is C21H32N2O4S2. The molecule has 0 spiro atoms. The van der Waals surface area contributed by atoms with Crippen molar-refractivity contribution in [3.8, 4) is 0 Å². The number of likely N-dealkylation sites (tertiary alicyclic amines) is 1. The number of sulfone groups is 1. The quantitative estimate of drug-likeness (QED) is 0.761. The third-order valence-corrected chi connectivity index (χ3v) is 10.1. The number of hydrogen-bond donors (Lipinski definition) is 1. The van der Waals surface area contributed by atoms with Gasteiger partial charge in [-0.3, -0.25) is 4.90 Å². The molecule has 3 fully saturated rings. The van der Waals surface area contributed by atoms with Gasteiger partial charge < -0.3 is 0 Å². The lowest BCUT2D eigenvalue weighted by molar-refractivity contribution is 0.161. The van der Waals surface area contributed by atoms with Crippen molar-refractivity contribution < 1.29 is 16.8 Å². The summed E-state index contributed by atoms with van der Waals surface area (Å²) in [5.74, 6) is 1.09. The van der Waals surface area contributed by atoms with Crippen LogP contribution >= 0.6 is 0 Å². The van der Waals surface area contributed by atoms with Crippen molar-refractivity contribution in [1.82, 2.24) is 9.62 Å². The van der Waals surface area contributed by atoms with Gasteiger partial charge in [0, 0.05) is 12.1 Å². The Hall–Kier alpha value is -0.960. The lowest BCUT2D eigenvalue weighted by Crippen LogP contribution is -2.48. The standard InChI is InChI=1S/C21H32N2O4S2/c24-28(25)15-12-20(16-28)23-13-10-19(11-14-23)22-29(26,27)21-8-6-18(7-9-21)17-4-2-1-3-5-17/h6-9,17,19-20,22H,1-5,10-16H2. The molecule has 29 heavy (non-hydrogen) atoms. The number of benzene rings is 1. The summed E-state index contributed by atoms with van der Waals surface area (Å²) in [6, 6.07) is 7.45. The van der Waals surface area contributed by atoms with Crippen LogP contribution in [0.3, 0.4) is 0 Å². The highest BCUT2D eigenvalue weighted by atomic mass is 32.2. The summed E-state index contributed by atoms with van der Waals surface area (Å²) in [6.45, 7) is 1.49. The average Bonchev–Trinajstić information content (AvgIpc) is 3.09. The molecule has 0 aromatic heterocycles. The van der Waals surface area contributed by atoms with Crippen LogP contribution in [0.1, 0.15) is 62.8 Å². The Bertz CT molecular complexity index is 899. The first-order valence-corrected chi connectivity index (χ1v) is 14.2. The van der Waals surface area contributed by atoms with E-state index in [1.807, 2.05) is 12.1 Å². The van der Waals surface area contributed by atoms with Gasteiger partial charge in [-0.1, -0.05) is 31.4 Å². The van der Waals surface area contributed by atoms with E-state index in [-0.39, 0.29) is 23.6 Å². The van der Waals surface area contributed by atoms with Crippen LogP contribution in [-0.2, 0) is 19.9 Å². The summed E-state index contributed by atoms with van der Waals surface area (Å²) in [4.78, 5) is 2.55. The molecular weight excluding hydrogens is 408 g/mol. The minimum atomic E-state index is -3.53. The van der Waals surface area contributed by atoms with Crippen LogP contribution in [0.4, 0.5) is 0 Å². The average molecular weight is 441 g/mol. The van der Waals surface area contributed by atoms with E-state index >= 15 is 0 Å². The van der Waals surface area contributed by atoms with Crippen LogP contribution in [0.25, 0.3) is 0 Å². The Labute approximate surface area is 175 Å². The third-order valence-electron chi connectivity index (χ3n) is 6.84. The van der Waals surface area contributed by atoms with E-state index in [1.54, 1.807) is 12.1 Å². The Kier molecular flexibility index (Phi) is 6.35. The van der Waals surface area contributed by atoms with Gasteiger partial charge in [0.15, 0.2) is 9.84 Å². The number of nitrogens with one attached hydrogen (secondary N) is 1. The Morgan fingerprint density at radius 2 is 1.55 bits per heavy atom. The second-order valence-corrected chi connectivity index (χ2v) is 12.8. The molecule has 2 heterocycles. The van der Waals surface area contributed by atoms with Crippen LogP contribution < -0.4 is 4.72 Å². The van der Waals surface area contributed by atoms with Crippen molar-refractivity contribution in [2.45, 2.75) is 74.3 Å². The largest absolute Gasteiger partial charge is 0.299 e. The van der Waals surface area contributed by atoms with Crippen molar-refractivity contribution in [2.24, 2.45) is 0 Å². The molecule has 162 valence electrons. The van der Waals surface area contributed by atoms with E-state index in [0.717, 1.165) is 25.9 Å². The highest BCUT2D eigenvalue weighted by Crippen LogP contribution is 2.33. The molecule has 0 amide bonds. The van der Waals surface area contributed by atoms with Crippen molar-refractivity contribution in [3.63, 3.8) is 0 Å². The van der Waals surface area contributed by atoms with E-state index in [9.17, 15) is 16.8 Å². The first-order valence-electron chi connectivity index (χ1n) is 10.9. The minimum Gasteiger partial charge on any atom is -0.299 e. The zero-order chi connectivity index (χ0) is 20.5. The molecule has 3 aliphatic rings. The summed E-state index contributed by atoms with van der Waals surface area (Å²) in [7, 11) is -6.42. The number of nitrogens with zero attached hydrogens (tertiary/aromatic N) is 1. The lowest BCUT2D eigenvalue weighted by atomic mass is 9.84. The SMILES string of the molecule is O=S1(=O)CCC(N2CCC(NS(=O)(=O)c3ccc(C4CCCCC4)cc3)CC2)C1. The molecule has 1 aromatic carbocycles. The normalized spacial score (nSPS) is 27.2. The molecule has 4 rings (SSSR count). The first-order chi connectivity index (χ1) is 13.8. The zero-order valence-corrected chi connectivity index (χ0v) is 18.6. The molecule has 0 radical (unpaired) electrons. The highest BCUT2D eigenvalue weighted by Gasteiger charge is 2.34. The van der Waals surface area contributed by atoms with Gasteiger partial charge >= 0.3 is 0 Å². The number of piperidine rings is 1. The molecule has 8 heteroatoms. The third kappa shape index (κ3) is 5.21. The van der Waals surface area contributed by atoms with E-state index in [4.69, 9.17) is 0 Å². The summed E-state index contributed by atoms with van der Waals surface area (Å²) < 4.78 is 51.9. The predicted octanol–water partition coefficient (Wildman–Crippen LogP) is 2.66. The molecule has 1 saturated carbocycles. The summed E-state index contributed by atoms with van der Waals surface area (Å²) in [5.41, 5.74) is 1.25. The van der Waals surface area contributed by atoms with Crippen molar-refractivity contribution in [2.75, 3.05) is 24.6 Å². The highest BCUT2D eigenvalue weighted by molar-refractivity contribution is 7.91. The maximum absolute atomic E-state index is 12.8. The first kappa shape index (κ1) is 21.3. The number of rotatable bonds is 5. The Morgan fingerprint density at radius 1 is 0.897 bits per heavy atom. The van der Waals surface area contributed by atoms with Crippen molar-refractivity contribution >= 4 is 19.9 Å². The fraction of sp³-hybridized carbons (Fsp3) is 0.714. The van der Waals surface area contributed by atoms with E-state index in [1.165, 1.54) is 37.7 Å². The molecule has 1 aliphatic carbocycles. The van der Waals surface area contributed by atoms with Crippen LogP contribution in [-0.4, -0.2) is 58.4 Å². The van der Waals surface area contributed by atoms with Gasteiger partial charge in [-0.25, -0.2) is 21.6 Å². The second kappa shape index (κ2) is 8.65. The Morgan fingerprint density at radius 3 is 2.14 bits per heavy atom. The van der Waals surface area contributed by atoms with Crippen molar-refractivity contribution in [3.05, 3.63) is 29.8 Å². The smallest absolute Gasteiger partial charge is 0.240 e. The Balaban J connectivity index is 1.32. The number of hydrogen-bond acceptors (Lipinski definition) is 5. The topological polar surface area (TPSA) is 83.6 Å². The number of sulfonamides is 1. The fourth-order valence-corrected chi connectivity index (χ4v) is 8.15. The van der Waals surface area contributed by atoms with E-state index in [2.05, 4.69) is 9.62 Å². The molecule has 0 bridgehead atoms. The zero-order valence-electron chi connectivity index (χ0n) is 16.9. The van der Waals surface area contributed by atoms with Crippen LogP contribution in [0.2, 0.25) is 0 Å². The summed E-state index contributed by atoms with van der Waals surface area (Å²) >= 11 is 0. The van der Waals surface area contributed by atoms with Gasteiger partial charge in [-0.2, -0.15) is 0 Å². The minimum absolute atomic E-state index is 0.0905. The fourth-order valence-electron chi connectivity index (χ4n) is 5.09. The summed E-state index contributed by atoms with van der Waals surface area (Å²) in [5, 5.41) is 0. The molecule has 2 aliphatic heterocycles. The molecule has 2 saturated heterocycles. The molecule has 1 aromatic rings. The van der Waals surface area contributed by atoms with Crippen LogP contribution in [0.5, 0.6) is 0 Å². The van der Waals surface area contributed by atoms with Crippen LogP contribution in [0.15, 0.2) is 29.2 Å². The molecule has 1 N–H and O–H groups in total.